The predicted octanol–water partition coefficient (Wildman–Crippen LogP) is 4.06. The Morgan fingerprint density at radius 3 is 2.32 bits per heavy atom. The molecule has 1 aromatic carbocycles. The van der Waals surface area contributed by atoms with Crippen LogP contribution in [0, 0.1) is 0 Å². The average molecular weight is 359 g/mol. The van der Waals surface area contributed by atoms with E-state index in [1.165, 1.54) is 17.3 Å². The minimum atomic E-state index is -0.147. The Hall–Kier alpha value is -1.59. The topological polar surface area (TPSA) is 41.9 Å². The van der Waals surface area contributed by atoms with Gasteiger partial charge in [0.2, 0.25) is 0 Å². The fourth-order valence-electron chi connectivity index (χ4n) is 3.10. The summed E-state index contributed by atoms with van der Waals surface area (Å²) in [5.41, 5.74) is 2.45. The molecule has 2 aliphatic heterocycles. The van der Waals surface area contributed by atoms with Crippen LogP contribution in [0.4, 0.5) is 0 Å². The van der Waals surface area contributed by atoms with Crippen molar-refractivity contribution in [2.45, 2.75) is 52.2 Å². The van der Waals surface area contributed by atoms with Crippen molar-refractivity contribution in [1.82, 2.24) is 4.90 Å². The summed E-state index contributed by atoms with van der Waals surface area (Å²) in [5.74, 6) is -0.147. The predicted molar refractivity (Wildman–Crippen MR) is 105 cm³/mol. The number of carbonyl (C=O) groups excluding carboxylic acids is 1. The van der Waals surface area contributed by atoms with E-state index in [0.29, 0.717) is 4.91 Å². The molecule has 1 fully saturated rings. The van der Waals surface area contributed by atoms with Gasteiger partial charge in [-0.05, 0) is 48.2 Å². The minimum Gasteiger partial charge on any atom is -0.372 e. The summed E-state index contributed by atoms with van der Waals surface area (Å²) in [6.45, 7) is 12.2. The fraction of sp³-hybridized carbons (Fsp3) is 0.500. The second-order valence-electron chi connectivity index (χ2n) is 7.84. The number of thioether (sulfide) groups is 1. The van der Waals surface area contributed by atoms with Crippen molar-refractivity contribution < 1.29 is 9.53 Å². The quantitative estimate of drug-likeness (QED) is 0.710. The van der Waals surface area contributed by atoms with Gasteiger partial charge in [-0.3, -0.25) is 4.79 Å². The van der Waals surface area contributed by atoms with Crippen LogP contribution in [0.3, 0.4) is 0 Å². The second-order valence-corrected chi connectivity index (χ2v) is 8.85. The number of hydrogen-bond acceptors (Lipinski definition) is 4. The lowest BCUT2D eigenvalue weighted by Crippen LogP contribution is -2.47. The molecule has 5 heteroatoms. The van der Waals surface area contributed by atoms with Gasteiger partial charge in [-0.25, -0.2) is 0 Å². The zero-order chi connectivity index (χ0) is 18.2. The lowest BCUT2D eigenvalue weighted by molar-refractivity contribution is -0.113. The number of nitrogens with zero attached hydrogens (tertiary/aromatic N) is 2. The Kier molecular flexibility index (Phi) is 5.07. The Morgan fingerprint density at radius 2 is 1.76 bits per heavy atom. The van der Waals surface area contributed by atoms with E-state index < -0.39 is 0 Å². The molecule has 0 radical (unpaired) electrons. The monoisotopic (exact) mass is 358 g/mol. The Balaban J connectivity index is 1.73. The lowest BCUT2D eigenvalue weighted by atomic mass is 9.87. The standard InChI is InChI=1S/C20H26N2O2S/c1-13-11-22(12-14(2)24-13)19-21-18(23)17(25-19)10-15-6-8-16(9-7-15)20(3,4)5/h6-10,13-14H,11-12H2,1-5H3/b17-10-/t13-,14-/m1/s1. The third kappa shape index (κ3) is 4.33. The summed E-state index contributed by atoms with van der Waals surface area (Å²) in [4.78, 5) is 19.4. The van der Waals surface area contributed by atoms with Crippen LogP contribution in [0.1, 0.15) is 45.7 Å². The van der Waals surface area contributed by atoms with Gasteiger partial charge in [0.25, 0.3) is 5.91 Å². The molecule has 2 atom stereocenters. The lowest BCUT2D eigenvalue weighted by Gasteiger charge is -2.35. The summed E-state index contributed by atoms with van der Waals surface area (Å²) in [5, 5.41) is 0.796. The first-order chi connectivity index (χ1) is 11.7. The van der Waals surface area contributed by atoms with Gasteiger partial charge in [0.1, 0.15) is 0 Å². The molecular formula is C20H26N2O2S. The number of ether oxygens (including phenoxy) is 1. The normalized spacial score (nSPS) is 26.3. The van der Waals surface area contributed by atoms with Crippen molar-refractivity contribution in [3.63, 3.8) is 0 Å². The number of carbonyl (C=O) groups is 1. The molecule has 0 spiro atoms. The van der Waals surface area contributed by atoms with Gasteiger partial charge < -0.3 is 9.64 Å². The summed E-state index contributed by atoms with van der Waals surface area (Å²) in [6, 6.07) is 8.39. The molecule has 0 bridgehead atoms. The molecular weight excluding hydrogens is 332 g/mol. The maximum Gasteiger partial charge on any atom is 0.286 e. The maximum absolute atomic E-state index is 12.3. The van der Waals surface area contributed by atoms with Gasteiger partial charge in [-0.1, -0.05) is 45.0 Å². The van der Waals surface area contributed by atoms with Crippen molar-refractivity contribution in [2.75, 3.05) is 13.1 Å². The first kappa shape index (κ1) is 18.2. The summed E-state index contributed by atoms with van der Waals surface area (Å²) < 4.78 is 5.76. The molecule has 2 heterocycles. The molecule has 3 rings (SSSR count). The van der Waals surface area contributed by atoms with Crippen LogP contribution in [0.2, 0.25) is 0 Å². The first-order valence-corrected chi connectivity index (χ1v) is 9.57. The van der Waals surface area contributed by atoms with Gasteiger partial charge in [0.05, 0.1) is 17.1 Å². The number of morpholine rings is 1. The summed E-state index contributed by atoms with van der Waals surface area (Å²) in [6.07, 6.45) is 2.24. The highest BCUT2D eigenvalue weighted by molar-refractivity contribution is 8.18. The number of aliphatic imine (C=N–C) groups is 1. The van der Waals surface area contributed by atoms with Crippen molar-refractivity contribution >= 4 is 28.9 Å². The van der Waals surface area contributed by atoms with Gasteiger partial charge >= 0.3 is 0 Å². The van der Waals surface area contributed by atoms with Gasteiger partial charge in [-0.2, -0.15) is 4.99 Å². The number of rotatable bonds is 1. The zero-order valence-corrected chi connectivity index (χ0v) is 16.4. The van der Waals surface area contributed by atoms with Gasteiger partial charge in [-0.15, -0.1) is 0 Å². The Morgan fingerprint density at radius 1 is 1.16 bits per heavy atom. The molecule has 1 amide bonds. The third-order valence-corrected chi connectivity index (χ3v) is 5.42. The van der Waals surface area contributed by atoms with Gasteiger partial charge in [0, 0.05) is 13.1 Å². The molecule has 0 aromatic heterocycles. The van der Waals surface area contributed by atoms with E-state index in [0.717, 1.165) is 23.8 Å². The molecule has 0 unspecified atom stereocenters. The molecule has 4 nitrogen and oxygen atoms in total. The zero-order valence-electron chi connectivity index (χ0n) is 15.6. The minimum absolute atomic E-state index is 0.129. The molecule has 25 heavy (non-hydrogen) atoms. The first-order valence-electron chi connectivity index (χ1n) is 8.76. The van der Waals surface area contributed by atoms with E-state index in [1.54, 1.807) is 0 Å². The second kappa shape index (κ2) is 6.96. The fourth-order valence-corrected chi connectivity index (χ4v) is 4.03. The highest BCUT2D eigenvalue weighted by atomic mass is 32.2. The van der Waals surface area contributed by atoms with E-state index in [1.807, 2.05) is 6.08 Å². The van der Waals surface area contributed by atoms with Crippen LogP contribution in [-0.4, -0.2) is 41.3 Å². The summed E-state index contributed by atoms with van der Waals surface area (Å²) in [7, 11) is 0. The van der Waals surface area contributed by atoms with E-state index in [9.17, 15) is 4.79 Å². The Bertz CT molecular complexity index is 706. The molecule has 1 aromatic rings. The Labute approximate surface area is 154 Å². The van der Waals surface area contributed by atoms with Crippen LogP contribution in [-0.2, 0) is 14.9 Å². The smallest absolute Gasteiger partial charge is 0.286 e. The van der Waals surface area contributed by atoms with Gasteiger partial charge in [0.15, 0.2) is 5.17 Å². The molecule has 0 saturated carbocycles. The third-order valence-electron chi connectivity index (χ3n) is 4.37. The number of benzene rings is 1. The van der Waals surface area contributed by atoms with Crippen molar-refractivity contribution in [1.29, 1.82) is 0 Å². The molecule has 2 aliphatic rings. The molecule has 0 N–H and O–H groups in total. The number of amides is 1. The van der Waals surface area contributed by atoms with Crippen molar-refractivity contribution in [3.05, 3.63) is 40.3 Å². The molecule has 0 aliphatic carbocycles. The molecule has 1 saturated heterocycles. The van der Waals surface area contributed by atoms with Crippen molar-refractivity contribution in [2.24, 2.45) is 4.99 Å². The van der Waals surface area contributed by atoms with Crippen LogP contribution < -0.4 is 0 Å². The SMILES string of the molecule is C[C@@H]1CN(C2=NC(=O)/C(=C/c3ccc(C(C)(C)C)cc3)S2)C[C@@H](C)O1. The molecule has 134 valence electrons. The van der Waals surface area contributed by atoms with Crippen LogP contribution in [0.5, 0.6) is 0 Å². The average Bonchev–Trinajstić information content (AvgIpc) is 2.87. The summed E-state index contributed by atoms with van der Waals surface area (Å²) >= 11 is 1.47. The van der Waals surface area contributed by atoms with Crippen LogP contribution in [0.25, 0.3) is 6.08 Å². The largest absolute Gasteiger partial charge is 0.372 e. The van der Waals surface area contributed by atoms with Crippen molar-refractivity contribution in [3.8, 4) is 0 Å². The van der Waals surface area contributed by atoms with E-state index in [2.05, 4.69) is 68.8 Å². The van der Waals surface area contributed by atoms with Crippen LogP contribution in [0.15, 0.2) is 34.2 Å². The van der Waals surface area contributed by atoms with E-state index in [-0.39, 0.29) is 23.5 Å². The van der Waals surface area contributed by atoms with E-state index in [4.69, 9.17) is 4.74 Å². The van der Waals surface area contributed by atoms with Crippen LogP contribution >= 0.6 is 11.8 Å². The highest BCUT2D eigenvalue weighted by Crippen LogP contribution is 2.32. The number of hydrogen-bond donors (Lipinski definition) is 0. The number of amidine groups is 1. The highest BCUT2D eigenvalue weighted by Gasteiger charge is 2.31. The maximum atomic E-state index is 12.3. The van der Waals surface area contributed by atoms with E-state index >= 15 is 0 Å².